The highest BCUT2D eigenvalue weighted by Crippen LogP contribution is 2.28. The van der Waals surface area contributed by atoms with Gasteiger partial charge in [0, 0.05) is 50.3 Å². The fourth-order valence-electron chi connectivity index (χ4n) is 3.62. The quantitative estimate of drug-likeness (QED) is 0.189. The minimum atomic E-state index is -0.101. The van der Waals surface area contributed by atoms with Crippen LogP contribution in [-0.4, -0.2) is 63.9 Å². The van der Waals surface area contributed by atoms with Gasteiger partial charge in [-0.3, -0.25) is 4.79 Å². The number of hydrogen-bond donors (Lipinski definition) is 1. The van der Waals surface area contributed by atoms with Crippen LogP contribution >= 0.6 is 11.8 Å². The molecule has 1 heterocycles. The zero-order valence-corrected chi connectivity index (χ0v) is 23.1. The fraction of sp³-hybridized carbons (Fsp3) is 0.393. The third-order valence-corrected chi connectivity index (χ3v) is 6.78. The third-order valence-electron chi connectivity index (χ3n) is 5.86. The molecular weight excluding hydrogens is 488 g/mol. The molecule has 0 fully saturated rings. The number of methoxy groups -OCH3 is 3. The number of aromatic nitrogens is 2. The summed E-state index contributed by atoms with van der Waals surface area (Å²) < 4.78 is 15.7. The predicted molar refractivity (Wildman–Crippen MR) is 148 cm³/mol. The first-order valence-electron chi connectivity index (χ1n) is 12.3. The molecule has 0 aliphatic rings. The van der Waals surface area contributed by atoms with Gasteiger partial charge < -0.3 is 24.4 Å². The van der Waals surface area contributed by atoms with E-state index in [4.69, 9.17) is 24.2 Å². The van der Waals surface area contributed by atoms with Gasteiger partial charge in [-0.1, -0.05) is 36.9 Å². The van der Waals surface area contributed by atoms with E-state index in [9.17, 15) is 4.79 Å². The van der Waals surface area contributed by atoms with Crippen molar-refractivity contribution in [3.05, 3.63) is 70.9 Å². The maximum Gasteiger partial charge on any atom is 0.251 e. The summed E-state index contributed by atoms with van der Waals surface area (Å²) in [6, 6.07) is 15.7. The largest absolute Gasteiger partial charge is 0.493 e. The van der Waals surface area contributed by atoms with Crippen molar-refractivity contribution in [3.63, 3.8) is 0 Å². The first-order chi connectivity index (χ1) is 18.0. The number of likely N-dealkylation sites (N-methyl/N-ethyl adjacent to an activating group) is 1. The van der Waals surface area contributed by atoms with Crippen molar-refractivity contribution in [2.24, 2.45) is 0 Å². The highest BCUT2D eigenvalue weighted by Gasteiger charge is 2.11. The topological polar surface area (TPSA) is 85.8 Å². The van der Waals surface area contributed by atoms with E-state index < -0.39 is 0 Å². The maximum absolute atomic E-state index is 12.2. The zero-order chi connectivity index (χ0) is 26.6. The van der Waals surface area contributed by atoms with Gasteiger partial charge in [-0.2, -0.15) is 0 Å². The summed E-state index contributed by atoms with van der Waals surface area (Å²) >= 11 is 1.59. The van der Waals surface area contributed by atoms with Crippen molar-refractivity contribution in [3.8, 4) is 11.5 Å². The van der Waals surface area contributed by atoms with Gasteiger partial charge in [0.1, 0.15) is 5.82 Å². The van der Waals surface area contributed by atoms with E-state index in [1.807, 2.05) is 43.4 Å². The Kier molecular flexibility index (Phi) is 11.0. The Hall–Kier alpha value is -3.30. The Bertz CT molecular complexity index is 1160. The molecule has 0 unspecified atom stereocenters. The van der Waals surface area contributed by atoms with Crippen LogP contribution in [0.15, 0.2) is 53.7 Å². The minimum Gasteiger partial charge on any atom is -0.493 e. The Morgan fingerprint density at radius 3 is 2.38 bits per heavy atom. The lowest BCUT2D eigenvalue weighted by atomic mass is 10.1. The van der Waals surface area contributed by atoms with Crippen LogP contribution in [0.3, 0.4) is 0 Å². The first-order valence-corrected chi connectivity index (χ1v) is 13.2. The normalized spacial score (nSPS) is 10.7. The number of hydrogen-bond acceptors (Lipinski definition) is 8. The van der Waals surface area contributed by atoms with Crippen LogP contribution in [0.5, 0.6) is 11.5 Å². The molecule has 0 saturated heterocycles. The van der Waals surface area contributed by atoms with Gasteiger partial charge in [0.2, 0.25) is 0 Å². The number of carbonyl (C=O) groups is 1. The smallest absolute Gasteiger partial charge is 0.251 e. The van der Waals surface area contributed by atoms with Gasteiger partial charge in [-0.15, -0.1) is 0 Å². The summed E-state index contributed by atoms with van der Waals surface area (Å²) in [7, 11) is 6.95. The summed E-state index contributed by atoms with van der Waals surface area (Å²) in [6.07, 6.45) is 1.68. The molecule has 0 saturated carbocycles. The number of ether oxygens (including phenoxy) is 3. The predicted octanol–water partition coefficient (Wildman–Crippen LogP) is 4.40. The molecule has 3 aromatic rings. The number of thioether (sulfide) groups is 1. The number of nitrogens with one attached hydrogen (secondary N) is 1. The van der Waals surface area contributed by atoms with Crippen LogP contribution in [0.1, 0.15) is 34.1 Å². The minimum absolute atomic E-state index is 0.101. The average Bonchev–Trinajstić information content (AvgIpc) is 2.94. The highest BCUT2D eigenvalue weighted by atomic mass is 32.2. The summed E-state index contributed by atoms with van der Waals surface area (Å²) in [6.45, 7) is 3.88. The molecule has 3 rings (SSSR count). The van der Waals surface area contributed by atoms with Gasteiger partial charge in [0.15, 0.2) is 16.7 Å². The number of rotatable bonds is 14. The van der Waals surface area contributed by atoms with Gasteiger partial charge in [0.25, 0.3) is 5.91 Å². The van der Waals surface area contributed by atoms with E-state index in [1.54, 1.807) is 33.1 Å². The number of anilines is 1. The van der Waals surface area contributed by atoms with E-state index >= 15 is 0 Å². The summed E-state index contributed by atoms with van der Waals surface area (Å²) in [5.41, 5.74) is 3.91. The molecule has 37 heavy (non-hydrogen) atoms. The second-order valence-electron chi connectivity index (χ2n) is 8.45. The van der Waals surface area contributed by atoms with Crippen molar-refractivity contribution < 1.29 is 19.0 Å². The number of nitrogens with zero attached hydrogens (tertiary/aromatic N) is 3. The molecule has 1 aromatic heterocycles. The van der Waals surface area contributed by atoms with Crippen LogP contribution in [-0.2, 0) is 23.3 Å². The van der Waals surface area contributed by atoms with E-state index in [2.05, 4.69) is 29.3 Å². The lowest BCUT2D eigenvalue weighted by molar-refractivity contribution is 0.0937. The van der Waals surface area contributed by atoms with E-state index in [0.717, 1.165) is 53.1 Å². The molecule has 198 valence electrons. The number of benzene rings is 2. The molecule has 2 aromatic carbocycles. The summed E-state index contributed by atoms with van der Waals surface area (Å²) in [5, 5.41) is 3.58. The van der Waals surface area contributed by atoms with E-state index in [-0.39, 0.29) is 5.91 Å². The molecule has 0 bridgehead atoms. The second-order valence-corrected chi connectivity index (χ2v) is 9.39. The summed E-state index contributed by atoms with van der Waals surface area (Å²) in [4.78, 5) is 23.9. The lowest BCUT2D eigenvalue weighted by Gasteiger charge is -2.20. The van der Waals surface area contributed by atoms with Crippen molar-refractivity contribution in [1.82, 2.24) is 15.3 Å². The van der Waals surface area contributed by atoms with E-state index in [1.165, 1.54) is 5.56 Å². The Balaban J connectivity index is 1.61. The standard InChI is InChI=1S/C28H36N4O4S/c1-6-23-18-26(32(2)15-13-20-9-12-24(35-4)25(17-20)36-5)31-28(30-23)37-19-21-7-10-22(11-8-21)27(33)29-14-16-34-3/h7-12,17-18H,6,13-16,19H2,1-5H3,(H,29,33). The molecular formula is C28H36N4O4S. The van der Waals surface area contributed by atoms with Crippen LogP contribution in [0.2, 0.25) is 0 Å². The SMILES string of the molecule is CCc1cc(N(C)CCc2ccc(OC)c(OC)c2)nc(SCc2ccc(C(=O)NCCOC)cc2)n1. The van der Waals surface area contributed by atoms with Crippen molar-refractivity contribution in [2.75, 3.05) is 53.0 Å². The average molecular weight is 525 g/mol. The van der Waals surface area contributed by atoms with Crippen molar-refractivity contribution in [1.29, 1.82) is 0 Å². The van der Waals surface area contributed by atoms with Crippen LogP contribution in [0.4, 0.5) is 5.82 Å². The number of amides is 1. The lowest BCUT2D eigenvalue weighted by Crippen LogP contribution is -2.26. The van der Waals surface area contributed by atoms with Gasteiger partial charge in [-0.05, 0) is 48.2 Å². The number of carbonyl (C=O) groups excluding carboxylic acids is 1. The summed E-state index contributed by atoms with van der Waals surface area (Å²) in [5.74, 6) is 2.98. The molecule has 1 N–H and O–H groups in total. The van der Waals surface area contributed by atoms with Gasteiger partial charge in [-0.25, -0.2) is 9.97 Å². The molecule has 0 atom stereocenters. The van der Waals surface area contributed by atoms with Crippen molar-refractivity contribution in [2.45, 2.75) is 30.7 Å². The molecule has 8 nitrogen and oxygen atoms in total. The fourth-order valence-corrected chi connectivity index (χ4v) is 4.45. The molecule has 0 aliphatic carbocycles. The van der Waals surface area contributed by atoms with Crippen LogP contribution in [0.25, 0.3) is 0 Å². The molecule has 0 radical (unpaired) electrons. The van der Waals surface area contributed by atoms with Crippen LogP contribution < -0.4 is 19.7 Å². The molecule has 0 spiro atoms. The highest BCUT2D eigenvalue weighted by molar-refractivity contribution is 7.98. The Morgan fingerprint density at radius 2 is 1.70 bits per heavy atom. The third kappa shape index (κ3) is 8.36. The maximum atomic E-state index is 12.2. The monoisotopic (exact) mass is 524 g/mol. The molecule has 1 amide bonds. The first kappa shape index (κ1) is 28.3. The Morgan fingerprint density at radius 1 is 0.973 bits per heavy atom. The van der Waals surface area contributed by atoms with Gasteiger partial charge in [0.05, 0.1) is 20.8 Å². The van der Waals surface area contributed by atoms with Crippen molar-refractivity contribution >= 4 is 23.5 Å². The second kappa shape index (κ2) is 14.4. The molecule has 9 heteroatoms. The number of aryl methyl sites for hydroxylation is 1. The Labute approximate surface area is 223 Å². The molecule has 0 aliphatic heterocycles. The van der Waals surface area contributed by atoms with Crippen LogP contribution in [0, 0.1) is 0 Å². The van der Waals surface area contributed by atoms with E-state index in [0.29, 0.717) is 24.5 Å². The zero-order valence-electron chi connectivity index (χ0n) is 22.2. The van der Waals surface area contributed by atoms with Gasteiger partial charge >= 0.3 is 0 Å².